The molecule has 0 radical (unpaired) electrons. The van der Waals surface area contributed by atoms with Gasteiger partial charge in [-0.1, -0.05) is 20.8 Å². The lowest BCUT2D eigenvalue weighted by atomic mass is 9.84. The molecule has 0 aromatic rings. The third-order valence-corrected chi connectivity index (χ3v) is 6.76. The molecule has 0 saturated heterocycles. The van der Waals surface area contributed by atoms with E-state index in [9.17, 15) is 39.5 Å². The van der Waals surface area contributed by atoms with Crippen LogP contribution in [0.2, 0.25) is 0 Å². The lowest BCUT2D eigenvalue weighted by Gasteiger charge is -2.37. The second-order valence-electron chi connectivity index (χ2n) is 8.66. The minimum Gasteiger partial charge on any atom is -0.374 e. The Bertz CT molecular complexity index is 554. The van der Waals surface area contributed by atoms with E-state index in [1.165, 1.54) is 6.92 Å². The van der Waals surface area contributed by atoms with Gasteiger partial charge in [0.1, 0.15) is 6.79 Å². The van der Waals surface area contributed by atoms with Crippen LogP contribution in [0.3, 0.4) is 0 Å². The van der Waals surface area contributed by atoms with Crippen LogP contribution in [0.5, 0.6) is 0 Å². The maximum atomic E-state index is 13.1. The molecule has 3 unspecified atom stereocenters. The third kappa shape index (κ3) is 6.43. The number of ether oxygens (including phenoxy) is 3. The maximum Gasteiger partial charge on any atom is 0.428 e. The average Bonchev–Trinajstić information content (AvgIpc) is 3.28. The molecule has 3 nitrogen and oxygen atoms in total. The number of halogens is 9. The second-order valence-corrected chi connectivity index (χ2v) is 8.66. The monoisotopic (exact) mass is 490 g/mol. The Morgan fingerprint density at radius 3 is 1.59 bits per heavy atom. The molecule has 0 spiro atoms. The van der Waals surface area contributed by atoms with Crippen molar-refractivity contribution in [1.29, 1.82) is 0 Å². The summed E-state index contributed by atoms with van der Waals surface area (Å²) in [4.78, 5) is 0. The molecule has 2 rings (SSSR count). The first-order valence-corrected chi connectivity index (χ1v) is 10.4. The highest BCUT2D eigenvalue weighted by Crippen LogP contribution is 2.49. The van der Waals surface area contributed by atoms with Gasteiger partial charge in [0.05, 0.1) is 18.1 Å². The standard InChI is InChI=1S/C13H18F6O3.C7H13F3/c1-20-7-22-11(12(14,15)16,13(17,18)19)6-21-10-5-8-2-3-9(10)4-8;1-4-6(3,5-2)7(8,9)10/h8-10H,2-7H2,1H3;4-5H2,1-3H3. The second kappa shape index (κ2) is 10.7. The molecule has 32 heavy (non-hydrogen) atoms. The van der Waals surface area contributed by atoms with Crippen LogP contribution in [0.1, 0.15) is 59.3 Å². The molecule has 0 aliphatic heterocycles. The maximum absolute atomic E-state index is 13.1. The topological polar surface area (TPSA) is 27.7 Å². The SMILES string of the molecule is CCC(C)(CC)C(F)(F)F.COCOC(COC1CC2CCC1C2)(C(F)(F)F)C(F)(F)F. The number of hydrogen-bond donors (Lipinski definition) is 0. The van der Waals surface area contributed by atoms with Gasteiger partial charge in [0.2, 0.25) is 0 Å². The van der Waals surface area contributed by atoms with Gasteiger partial charge in [0.25, 0.3) is 5.60 Å². The number of alkyl halides is 9. The minimum absolute atomic E-state index is 0.0478. The molecule has 0 N–H and O–H groups in total. The molecule has 2 saturated carbocycles. The Hall–Kier alpha value is -0.750. The summed E-state index contributed by atoms with van der Waals surface area (Å²) in [5.74, 6) is 0.396. The molecular weight excluding hydrogens is 459 g/mol. The number of hydrogen-bond acceptors (Lipinski definition) is 3. The van der Waals surface area contributed by atoms with Crippen LogP contribution >= 0.6 is 0 Å². The van der Waals surface area contributed by atoms with Crippen molar-refractivity contribution in [3.05, 3.63) is 0 Å². The summed E-state index contributed by atoms with van der Waals surface area (Å²) in [5, 5.41) is 0. The number of fused-ring (bicyclic) bond motifs is 2. The van der Waals surface area contributed by atoms with Crippen LogP contribution in [0.15, 0.2) is 0 Å². The van der Waals surface area contributed by atoms with E-state index < -0.39 is 49.0 Å². The summed E-state index contributed by atoms with van der Waals surface area (Å²) in [6.45, 7) is 1.66. The lowest BCUT2D eigenvalue weighted by molar-refractivity contribution is -0.403. The summed E-state index contributed by atoms with van der Waals surface area (Å²) in [5.41, 5.74) is -5.84. The highest BCUT2D eigenvalue weighted by atomic mass is 19.4. The molecule has 0 aromatic heterocycles. The molecule has 3 atom stereocenters. The van der Waals surface area contributed by atoms with Gasteiger partial charge in [-0.2, -0.15) is 39.5 Å². The first-order valence-electron chi connectivity index (χ1n) is 10.4. The molecule has 192 valence electrons. The van der Waals surface area contributed by atoms with Gasteiger partial charge in [0, 0.05) is 7.11 Å². The quantitative estimate of drug-likeness (QED) is 0.270. The van der Waals surface area contributed by atoms with Gasteiger partial charge >= 0.3 is 18.5 Å². The molecule has 0 aromatic carbocycles. The van der Waals surface area contributed by atoms with Crippen molar-refractivity contribution in [3.8, 4) is 0 Å². The Labute approximate surface area is 181 Å². The zero-order valence-electron chi connectivity index (χ0n) is 18.5. The molecule has 0 heterocycles. The van der Waals surface area contributed by atoms with Crippen molar-refractivity contribution in [2.75, 3.05) is 20.5 Å². The van der Waals surface area contributed by atoms with Gasteiger partial charge in [-0.15, -0.1) is 0 Å². The van der Waals surface area contributed by atoms with Gasteiger partial charge in [0.15, 0.2) is 0 Å². The van der Waals surface area contributed by atoms with E-state index >= 15 is 0 Å². The predicted molar refractivity (Wildman–Crippen MR) is 97.7 cm³/mol. The molecule has 2 aliphatic carbocycles. The average molecular weight is 490 g/mol. The summed E-state index contributed by atoms with van der Waals surface area (Å²) >= 11 is 0. The van der Waals surface area contributed by atoms with Crippen molar-refractivity contribution in [1.82, 2.24) is 0 Å². The van der Waals surface area contributed by atoms with Crippen LogP contribution in [0.25, 0.3) is 0 Å². The van der Waals surface area contributed by atoms with E-state index in [0.29, 0.717) is 12.3 Å². The lowest BCUT2D eigenvalue weighted by Crippen LogP contribution is -2.62. The van der Waals surface area contributed by atoms with Crippen molar-refractivity contribution in [2.24, 2.45) is 17.3 Å². The van der Waals surface area contributed by atoms with Crippen molar-refractivity contribution < 1.29 is 53.7 Å². The van der Waals surface area contributed by atoms with Crippen LogP contribution in [0, 0.1) is 17.3 Å². The fourth-order valence-electron chi connectivity index (χ4n) is 3.95. The van der Waals surface area contributed by atoms with Crippen molar-refractivity contribution in [2.45, 2.75) is 89.5 Å². The van der Waals surface area contributed by atoms with E-state index in [-0.39, 0.29) is 18.8 Å². The fraction of sp³-hybridized carbons (Fsp3) is 1.00. The van der Waals surface area contributed by atoms with Crippen molar-refractivity contribution >= 4 is 0 Å². The molecule has 2 fully saturated rings. The smallest absolute Gasteiger partial charge is 0.374 e. The summed E-state index contributed by atoms with van der Waals surface area (Å²) in [7, 11) is 0.953. The number of methoxy groups -OCH3 is 1. The molecular formula is C20H31F9O3. The Kier molecular flexibility index (Phi) is 9.76. The van der Waals surface area contributed by atoms with Gasteiger partial charge < -0.3 is 14.2 Å². The summed E-state index contributed by atoms with van der Waals surface area (Å²) in [6.07, 6.45) is -12.5. The predicted octanol–water partition coefficient (Wildman–Crippen LogP) is 7.05. The van der Waals surface area contributed by atoms with Gasteiger partial charge in [-0.25, -0.2) is 0 Å². The van der Waals surface area contributed by atoms with Crippen LogP contribution in [-0.4, -0.2) is 50.7 Å². The Morgan fingerprint density at radius 2 is 1.31 bits per heavy atom. The first-order chi connectivity index (χ1) is 14.5. The summed E-state index contributed by atoms with van der Waals surface area (Å²) in [6, 6.07) is 0. The molecule has 2 aliphatic rings. The van der Waals surface area contributed by atoms with Crippen molar-refractivity contribution in [3.63, 3.8) is 0 Å². The normalized spacial score (nSPS) is 24.5. The molecule has 0 amide bonds. The van der Waals surface area contributed by atoms with E-state index in [4.69, 9.17) is 4.74 Å². The summed E-state index contributed by atoms with van der Waals surface area (Å²) < 4.78 is 128. The van der Waals surface area contributed by atoms with Crippen LogP contribution in [-0.2, 0) is 14.2 Å². The Morgan fingerprint density at radius 1 is 0.781 bits per heavy atom. The van der Waals surface area contributed by atoms with E-state index in [1.54, 1.807) is 13.8 Å². The largest absolute Gasteiger partial charge is 0.428 e. The minimum atomic E-state index is -5.65. The van der Waals surface area contributed by atoms with Gasteiger partial charge in [-0.05, 0) is 50.4 Å². The van der Waals surface area contributed by atoms with Gasteiger partial charge in [-0.3, -0.25) is 0 Å². The van der Waals surface area contributed by atoms with Crippen LogP contribution < -0.4 is 0 Å². The Balaban J connectivity index is 0.000000433. The first kappa shape index (κ1) is 29.3. The zero-order valence-corrected chi connectivity index (χ0v) is 18.5. The highest BCUT2D eigenvalue weighted by Gasteiger charge is 2.73. The number of rotatable bonds is 8. The van der Waals surface area contributed by atoms with Crippen LogP contribution in [0.4, 0.5) is 39.5 Å². The zero-order chi connectivity index (χ0) is 25.0. The highest BCUT2D eigenvalue weighted by molar-refractivity contribution is 4.98. The third-order valence-electron chi connectivity index (χ3n) is 6.76. The van der Waals surface area contributed by atoms with E-state index in [2.05, 4.69) is 9.47 Å². The van der Waals surface area contributed by atoms with E-state index in [1.807, 2.05) is 0 Å². The molecule has 12 heteroatoms. The fourth-order valence-corrected chi connectivity index (χ4v) is 3.95. The van der Waals surface area contributed by atoms with E-state index in [0.717, 1.165) is 26.4 Å². The molecule has 2 bridgehead atoms.